The van der Waals surface area contributed by atoms with Gasteiger partial charge in [-0.3, -0.25) is 0 Å². The van der Waals surface area contributed by atoms with E-state index >= 15 is 0 Å². The molecule has 0 aliphatic heterocycles. The van der Waals surface area contributed by atoms with E-state index in [1.807, 2.05) is 38.2 Å². The molecule has 1 aromatic carbocycles. The van der Waals surface area contributed by atoms with Crippen LogP contribution >= 0.6 is 0 Å². The van der Waals surface area contributed by atoms with E-state index in [2.05, 4.69) is 29.4 Å². The number of nitrogens with zero attached hydrogens (tertiary/aromatic N) is 2. The molecule has 2 aromatic rings. The summed E-state index contributed by atoms with van der Waals surface area (Å²) in [5.41, 5.74) is 2.01. The Kier molecular flexibility index (Phi) is 5.69. The SMILES string of the molecule is CCCC(OCC)c1nc(NC)cc(-c2ccccc2)n1. The number of hydrogen-bond donors (Lipinski definition) is 1. The van der Waals surface area contributed by atoms with Gasteiger partial charge in [-0.05, 0) is 13.3 Å². The summed E-state index contributed by atoms with van der Waals surface area (Å²) >= 11 is 0. The average molecular weight is 285 g/mol. The molecule has 21 heavy (non-hydrogen) atoms. The van der Waals surface area contributed by atoms with Crippen LogP contribution in [0.2, 0.25) is 0 Å². The van der Waals surface area contributed by atoms with Crippen molar-refractivity contribution in [2.75, 3.05) is 19.0 Å². The number of benzene rings is 1. The standard InChI is InChI=1S/C17H23N3O/c1-4-9-15(21-5-2)17-19-14(12-16(18-3)20-17)13-10-7-6-8-11-13/h6-8,10-12,15H,4-5,9H2,1-3H3,(H,18,19,20). The van der Waals surface area contributed by atoms with Crippen LogP contribution in [0.5, 0.6) is 0 Å². The Bertz CT molecular complexity index is 551. The normalized spacial score (nSPS) is 12.1. The van der Waals surface area contributed by atoms with Crippen molar-refractivity contribution in [2.45, 2.75) is 32.8 Å². The Morgan fingerprint density at radius 1 is 1.14 bits per heavy atom. The molecule has 2 rings (SSSR count). The molecule has 0 saturated carbocycles. The summed E-state index contributed by atoms with van der Waals surface area (Å²) in [4.78, 5) is 9.28. The molecule has 4 heteroatoms. The van der Waals surface area contributed by atoms with Gasteiger partial charge in [0.05, 0.1) is 5.69 Å². The van der Waals surface area contributed by atoms with Gasteiger partial charge in [0, 0.05) is 25.3 Å². The van der Waals surface area contributed by atoms with E-state index in [9.17, 15) is 0 Å². The molecule has 0 spiro atoms. The van der Waals surface area contributed by atoms with Gasteiger partial charge in [0.2, 0.25) is 0 Å². The molecule has 1 unspecified atom stereocenters. The van der Waals surface area contributed by atoms with Crippen LogP contribution in [0.15, 0.2) is 36.4 Å². The molecule has 0 fully saturated rings. The van der Waals surface area contributed by atoms with E-state index in [1.165, 1.54) is 0 Å². The van der Waals surface area contributed by atoms with Crippen LogP contribution in [0.1, 0.15) is 38.6 Å². The number of ether oxygens (including phenoxy) is 1. The van der Waals surface area contributed by atoms with Crippen molar-refractivity contribution in [3.63, 3.8) is 0 Å². The van der Waals surface area contributed by atoms with Crippen LogP contribution in [0.3, 0.4) is 0 Å². The van der Waals surface area contributed by atoms with Crippen LogP contribution in [-0.4, -0.2) is 23.6 Å². The molecular formula is C17H23N3O. The van der Waals surface area contributed by atoms with Crippen molar-refractivity contribution in [3.05, 3.63) is 42.2 Å². The number of nitrogens with one attached hydrogen (secondary N) is 1. The molecule has 4 nitrogen and oxygen atoms in total. The molecule has 0 aliphatic rings. The van der Waals surface area contributed by atoms with Crippen molar-refractivity contribution < 1.29 is 4.74 Å². The number of rotatable bonds is 7. The Hall–Kier alpha value is -1.94. The molecule has 0 saturated heterocycles. The third-order valence-electron chi connectivity index (χ3n) is 3.28. The summed E-state index contributed by atoms with van der Waals surface area (Å²) < 4.78 is 5.81. The molecule has 0 amide bonds. The maximum Gasteiger partial charge on any atom is 0.160 e. The van der Waals surface area contributed by atoms with Crippen LogP contribution < -0.4 is 5.32 Å². The Morgan fingerprint density at radius 3 is 2.52 bits per heavy atom. The molecule has 112 valence electrons. The van der Waals surface area contributed by atoms with E-state index in [1.54, 1.807) is 0 Å². The second-order valence-corrected chi connectivity index (χ2v) is 4.85. The lowest BCUT2D eigenvalue weighted by molar-refractivity contribution is 0.0495. The van der Waals surface area contributed by atoms with Gasteiger partial charge in [-0.2, -0.15) is 0 Å². The van der Waals surface area contributed by atoms with Gasteiger partial charge in [-0.25, -0.2) is 9.97 Å². The maximum absolute atomic E-state index is 5.81. The van der Waals surface area contributed by atoms with Crippen LogP contribution in [-0.2, 0) is 4.74 Å². The molecule has 1 heterocycles. The summed E-state index contributed by atoms with van der Waals surface area (Å²) in [6.07, 6.45) is 1.92. The first-order valence-corrected chi connectivity index (χ1v) is 7.52. The minimum Gasteiger partial charge on any atom is -0.373 e. The zero-order valence-corrected chi connectivity index (χ0v) is 13.0. The monoisotopic (exact) mass is 285 g/mol. The highest BCUT2D eigenvalue weighted by Gasteiger charge is 2.16. The maximum atomic E-state index is 5.81. The van der Waals surface area contributed by atoms with E-state index in [4.69, 9.17) is 9.72 Å². The molecule has 0 aliphatic carbocycles. The van der Waals surface area contributed by atoms with Crippen LogP contribution in [0, 0.1) is 0 Å². The summed E-state index contributed by atoms with van der Waals surface area (Å²) in [5.74, 6) is 1.57. The summed E-state index contributed by atoms with van der Waals surface area (Å²) in [7, 11) is 1.87. The Labute approximate surface area is 126 Å². The van der Waals surface area contributed by atoms with Crippen molar-refractivity contribution in [2.24, 2.45) is 0 Å². The first kappa shape index (κ1) is 15.4. The molecule has 1 atom stereocenters. The zero-order chi connectivity index (χ0) is 15.1. The molecule has 1 N–H and O–H groups in total. The second kappa shape index (κ2) is 7.74. The van der Waals surface area contributed by atoms with Crippen LogP contribution in [0.25, 0.3) is 11.3 Å². The van der Waals surface area contributed by atoms with Crippen molar-refractivity contribution in [1.29, 1.82) is 0 Å². The summed E-state index contributed by atoms with van der Waals surface area (Å²) in [6, 6.07) is 12.1. The van der Waals surface area contributed by atoms with E-state index in [-0.39, 0.29) is 6.10 Å². The average Bonchev–Trinajstić information content (AvgIpc) is 2.55. The largest absolute Gasteiger partial charge is 0.373 e. The Balaban J connectivity index is 2.41. The molecule has 0 radical (unpaired) electrons. The molecule has 1 aromatic heterocycles. The fraction of sp³-hybridized carbons (Fsp3) is 0.412. The third kappa shape index (κ3) is 4.02. The van der Waals surface area contributed by atoms with E-state index in [0.717, 1.165) is 35.7 Å². The van der Waals surface area contributed by atoms with Gasteiger partial charge >= 0.3 is 0 Å². The fourth-order valence-electron chi connectivity index (χ4n) is 2.25. The highest BCUT2D eigenvalue weighted by molar-refractivity contribution is 5.62. The predicted molar refractivity (Wildman–Crippen MR) is 86.3 cm³/mol. The third-order valence-corrected chi connectivity index (χ3v) is 3.28. The van der Waals surface area contributed by atoms with Crippen molar-refractivity contribution in [1.82, 2.24) is 9.97 Å². The first-order valence-electron chi connectivity index (χ1n) is 7.52. The van der Waals surface area contributed by atoms with Gasteiger partial charge in [0.15, 0.2) is 5.82 Å². The predicted octanol–water partition coefficient (Wildman–Crippen LogP) is 4.06. The lowest BCUT2D eigenvalue weighted by atomic mass is 10.1. The van der Waals surface area contributed by atoms with Crippen LogP contribution in [0.4, 0.5) is 5.82 Å². The lowest BCUT2D eigenvalue weighted by Gasteiger charge is -2.17. The fourth-order valence-corrected chi connectivity index (χ4v) is 2.25. The Morgan fingerprint density at radius 2 is 1.90 bits per heavy atom. The number of hydrogen-bond acceptors (Lipinski definition) is 4. The first-order chi connectivity index (χ1) is 10.3. The highest BCUT2D eigenvalue weighted by atomic mass is 16.5. The van der Waals surface area contributed by atoms with E-state index in [0.29, 0.717) is 6.61 Å². The van der Waals surface area contributed by atoms with Gasteiger partial charge in [-0.1, -0.05) is 43.7 Å². The molecule has 0 bridgehead atoms. The summed E-state index contributed by atoms with van der Waals surface area (Å²) in [5, 5.41) is 3.11. The van der Waals surface area contributed by atoms with Gasteiger partial charge in [-0.15, -0.1) is 0 Å². The van der Waals surface area contributed by atoms with Crippen molar-refractivity contribution >= 4 is 5.82 Å². The van der Waals surface area contributed by atoms with E-state index < -0.39 is 0 Å². The van der Waals surface area contributed by atoms with Gasteiger partial charge in [0.1, 0.15) is 11.9 Å². The summed E-state index contributed by atoms with van der Waals surface area (Å²) in [6.45, 7) is 4.81. The quantitative estimate of drug-likeness (QED) is 0.833. The number of anilines is 1. The zero-order valence-electron chi connectivity index (χ0n) is 13.0. The van der Waals surface area contributed by atoms with Gasteiger partial charge < -0.3 is 10.1 Å². The highest BCUT2D eigenvalue weighted by Crippen LogP contribution is 2.25. The minimum atomic E-state index is -0.0456. The molecular weight excluding hydrogens is 262 g/mol. The lowest BCUT2D eigenvalue weighted by Crippen LogP contribution is -2.11. The second-order valence-electron chi connectivity index (χ2n) is 4.85. The smallest absolute Gasteiger partial charge is 0.160 e. The number of aromatic nitrogens is 2. The topological polar surface area (TPSA) is 47.0 Å². The van der Waals surface area contributed by atoms with Crippen molar-refractivity contribution in [3.8, 4) is 11.3 Å². The minimum absolute atomic E-state index is 0.0456. The van der Waals surface area contributed by atoms with Gasteiger partial charge in [0.25, 0.3) is 0 Å².